The Balaban J connectivity index is -0.00000158. The first-order valence-electron chi connectivity index (χ1n) is 41.2. The third-order valence-corrected chi connectivity index (χ3v) is 18.7. The molecule has 4 N–H and O–H groups in total. The Morgan fingerprint density at radius 3 is 0.592 bits per heavy atom. The van der Waals surface area contributed by atoms with Crippen LogP contribution in [0.1, 0.15) is 288 Å². The predicted molar refractivity (Wildman–Crippen MR) is 489 cm³/mol. The molecule has 130 heavy (non-hydrogen) atoms. The molecule has 0 aliphatic heterocycles. The summed E-state index contributed by atoms with van der Waals surface area (Å²) in [5, 5.41) is 138. The number of carbonyl (C=O) groups is 4. The molecule has 4 amide bonds. The van der Waals surface area contributed by atoms with Crippen LogP contribution in [0.5, 0.6) is 46.0 Å². The van der Waals surface area contributed by atoms with Crippen LogP contribution >= 0.6 is 0 Å². The molecule has 0 atom stereocenters. The number of rotatable bonds is 20. The Bertz CT molecular complexity index is 4580. The van der Waals surface area contributed by atoms with Crippen molar-refractivity contribution in [3.05, 3.63) is 250 Å². The van der Waals surface area contributed by atoms with E-state index in [4.69, 9.17) is 25.8 Å². The molecule has 0 heterocycles. The zero-order chi connectivity index (χ0) is 96.3. The molecule has 0 saturated heterocycles. The van der Waals surface area contributed by atoms with E-state index in [1.807, 2.05) is 132 Å². The van der Waals surface area contributed by atoms with Gasteiger partial charge in [0.2, 0.25) is 0 Å². The van der Waals surface area contributed by atoms with Crippen LogP contribution in [0.4, 0.5) is 0 Å². The molecule has 0 aliphatic carbocycles. The maximum absolute atomic E-state index is 12.9. The molecule has 0 unspecified atom stereocenters. The first-order valence-corrected chi connectivity index (χ1v) is 41.2. The maximum atomic E-state index is 12.9. The fourth-order valence-electron chi connectivity index (χ4n) is 11.5. The SMILES string of the molecule is CC#N.CC#N.CC(C)(C)c1cc(C=NCCNC(=O)c2ccccc2[O-])c([O-])c(C(C)(C)C)c1.CC(C)(C)c1cc(C=NCCNC(=O)c2ccccc2[O-])c([O-])c(C(C)(C)C)c1.CC(C)(C)c1cc(C=NCCNC(=O)c2ccccc2[O-])c([O-])c(C(C)(C)C)c1.CC(C)(C)c1cc(C=NCCNC(=O)c2ccccc2[O-])c([O-])c(C(C)(C)C)c1.O=[N+]([O-])[O-].[Er+3].[Zn+2].[Zn+2].[Zn+2]. The van der Waals surface area contributed by atoms with Crippen LogP contribution in [0.2, 0.25) is 0 Å². The predicted octanol–water partition coefficient (Wildman–Crippen LogP) is 13.9. The van der Waals surface area contributed by atoms with Gasteiger partial charge in [0, 0.05) is 87.1 Å². The molecule has 8 aromatic carbocycles. The number of hydrogen-bond donors (Lipinski definition) is 4. The summed E-state index contributed by atoms with van der Waals surface area (Å²) in [6.07, 6.45) is 6.34. The summed E-state index contributed by atoms with van der Waals surface area (Å²) < 4.78 is 0. The monoisotopic (exact) mass is 2080 g/mol. The van der Waals surface area contributed by atoms with Crippen molar-refractivity contribution in [2.45, 2.75) is 223 Å². The van der Waals surface area contributed by atoms with Gasteiger partial charge < -0.3 is 77.4 Å². The molecule has 0 bridgehead atoms. The van der Waals surface area contributed by atoms with Crippen LogP contribution < -0.4 is 62.1 Å². The van der Waals surface area contributed by atoms with Gasteiger partial charge in [0.05, 0.1) is 43.4 Å². The Labute approximate surface area is 837 Å². The summed E-state index contributed by atoms with van der Waals surface area (Å²) in [5.41, 5.74) is 8.71. The van der Waals surface area contributed by atoms with Gasteiger partial charge in [0.25, 0.3) is 23.6 Å². The van der Waals surface area contributed by atoms with Crippen molar-refractivity contribution < 1.29 is 161 Å². The molecule has 0 saturated carbocycles. The summed E-state index contributed by atoms with van der Waals surface area (Å²) in [4.78, 5) is 73.7. The molecule has 689 valence electrons. The van der Waals surface area contributed by atoms with Crippen molar-refractivity contribution in [2.24, 2.45) is 20.0 Å². The van der Waals surface area contributed by atoms with E-state index < -0.39 is 28.7 Å². The molecular formula is C100H126ErN11O15Zn3. The van der Waals surface area contributed by atoms with Crippen molar-refractivity contribution in [2.75, 3.05) is 52.4 Å². The molecule has 1 radical (unpaired) electrons. The van der Waals surface area contributed by atoms with Crippen LogP contribution in [0.25, 0.3) is 0 Å². The van der Waals surface area contributed by atoms with Gasteiger partial charge in [-0.15, -0.1) is 0 Å². The topological polar surface area (TPSA) is 464 Å². The molecule has 0 aliphatic rings. The zero-order valence-electron chi connectivity index (χ0n) is 80.5. The molecule has 26 nitrogen and oxygen atoms in total. The van der Waals surface area contributed by atoms with Crippen molar-refractivity contribution in [3.8, 4) is 58.1 Å². The van der Waals surface area contributed by atoms with Gasteiger partial charge in [0.15, 0.2) is 0 Å². The van der Waals surface area contributed by atoms with Crippen LogP contribution in [0.3, 0.4) is 0 Å². The minimum absolute atomic E-state index is 0. The zero-order valence-corrected chi connectivity index (χ0v) is 91.2. The van der Waals surface area contributed by atoms with Gasteiger partial charge in [-0.05, 0) is 110 Å². The summed E-state index contributed by atoms with van der Waals surface area (Å²) in [6.45, 7) is 55.0. The van der Waals surface area contributed by atoms with E-state index in [-0.39, 0.29) is 233 Å². The number of amides is 4. The van der Waals surface area contributed by atoms with Crippen molar-refractivity contribution >= 4 is 48.5 Å². The van der Waals surface area contributed by atoms with Crippen molar-refractivity contribution in [3.63, 3.8) is 0 Å². The number of carbonyl (C=O) groups excluding carboxylic acids is 4. The van der Waals surface area contributed by atoms with E-state index in [0.717, 1.165) is 44.5 Å². The van der Waals surface area contributed by atoms with E-state index in [1.165, 1.54) is 62.4 Å². The molecule has 30 heteroatoms. The first kappa shape index (κ1) is 124. The minimum atomic E-state index is -1.75. The molecule has 0 spiro atoms. The van der Waals surface area contributed by atoms with Gasteiger partial charge in [-0.2, -0.15) is 10.5 Å². The largest absolute Gasteiger partial charge is 3.00 e. The number of benzene rings is 8. The number of nitriles is 2. The molecule has 8 rings (SSSR count). The van der Waals surface area contributed by atoms with E-state index >= 15 is 0 Å². The van der Waals surface area contributed by atoms with Crippen molar-refractivity contribution in [1.82, 2.24) is 21.3 Å². The second kappa shape index (κ2) is 56.7. The molecule has 0 aromatic heterocycles. The Kier molecular flexibility index (Phi) is 54.1. The Morgan fingerprint density at radius 1 is 0.315 bits per heavy atom. The second-order valence-electron chi connectivity index (χ2n) is 37.6. The number of nitrogens with zero attached hydrogens (tertiary/aromatic N) is 7. The third-order valence-electron chi connectivity index (χ3n) is 18.7. The fourth-order valence-corrected chi connectivity index (χ4v) is 11.5. The maximum Gasteiger partial charge on any atom is 3.00 e. The van der Waals surface area contributed by atoms with Crippen LogP contribution in [0, 0.1) is 75.3 Å². The first-order chi connectivity index (χ1) is 58.2. The van der Waals surface area contributed by atoms with Gasteiger partial charge in [-0.3, -0.25) is 39.1 Å². The number of hydrogen-bond acceptors (Lipinski definition) is 21. The number of aliphatic imine (C=N–C) groups is 4. The van der Waals surface area contributed by atoms with Gasteiger partial charge in [-0.25, -0.2) is 0 Å². The van der Waals surface area contributed by atoms with Crippen molar-refractivity contribution in [1.29, 1.82) is 10.5 Å². The van der Waals surface area contributed by atoms with E-state index in [0.29, 0.717) is 48.4 Å². The summed E-state index contributed by atoms with van der Waals surface area (Å²) >= 11 is 0. The van der Waals surface area contributed by atoms with Gasteiger partial charge >= 0.3 is 95.7 Å². The van der Waals surface area contributed by atoms with Crippen LogP contribution in [-0.2, 0) is 102 Å². The smallest absolute Gasteiger partial charge is 0.872 e. The average molecular weight is 2090 g/mol. The second-order valence-corrected chi connectivity index (χ2v) is 37.6. The van der Waals surface area contributed by atoms with Crippen LogP contribution in [-0.4, -0.2) is 106 Å². The minimum Gasteiger partial charge on any atom is -0.872 e. The Hall–Kier alpha value is -9.98. The molecule has 8 aromatic rings. The van der Waals surface area contributed by atoms with E-state index in [1.54, 1.807) is 85.5 Å². The molecular weight excluding hydrogens is 1960 g/mol. The van der Waals surface area contributed by atoms with Gasteiger partial charge in [0.1, 0.15) is 0 Å². The normalized spacial score (nSPS) is 11.3. The average Bonchev–Trinajstić information content (AvgIpc) is 0.799. The quantitative estimate of drug-likeness (QED) is 0.0181. The van der Waals surface area contributed by atoms with Gasteiger partial charge in [-0.1, -0.05) is 358 Å². The van der Waals surface area contributed by atoms with E-state index in [9.17, 15) is 60.0 Å². The summed E-state index contributed by atoms with van der Waals surface area (Å²) in [5.74, 6) is -2.96. The standard InChI is InChI=1S/4C24H32N2O3.2C2H3N.Er.NO3.3Zn/c4*1-23(2,3)17-13-16(21(28)19(14-17)24(4,5)6)15-25-11-12-26-22(29)18-9-7-8-10-20(18)27;2*1-2-3;;2-1(3)4;;;/h4*7-10,13-15,27-28H,11-12H2,1-6H3,(H,26,29);2*1H3;;;;;/q;;;;;;+3;-1;3*+2/p-8. The number of para-hydroxylation sites is 4. The van der Waals surface area contributed by atoms with Crippen LogP contribution in [0.15, 0.2) is 166 Å². The summed E-state index contributed by atoms with van der Waals surface area (Å²) in [6, 6.07) is 43.5. The fraction of sp³-hybridized carbons (Fsp3) is 0.420. The third kappa shape index (κ3) is 42.9. The number of nitrogens with one attached hydrogen (secondary N) is 4. The van der Waals surface area contributed by atoms with E-state index in [2.05, 4.69) is 124 Å². The molecule has 0 fully saturated rings. The Morgan fingerprint density at radius 2 is 0.462 bits per heavy atom. The summed E-state index contributed by atoms with van der Waals surface area (Å²) in [7, 11) is 0.